The van der Waals surface area contributed by atoms with Crippen LogP contribution in [0.4, 0.5) is 0 Å². The molecule has 0 bridgehead atoms. The molecule has 0 saturated heterocycles. The van der Waals surface area contributed by atoms with Gasteiger partial charge in [0.2, 0.25) is 0 Å². The zero-order valence-electron chi connectivity index (χ0n) is 20.7. The van der Waals surface area contributed by atoms with Gasteiger partial charge in [-0.2, -0.15) is 0 Å². The van der Waals surface area contributed by atoms with E-state index in [-0.39, 0.29) is 11.6 Å². The van der Waals surface area contributed by atoms with Gasteiger partial charge in [0.15, 0.2) is 5.82 Å². The molecule has 2 aromatic carbocycles. The van der Waals surface area contributed by atoms with Gasteiger partial charge in [0.05, 0.1) is 12.6 Å². The Morgan fingerprint density at radius 1 is 1.11 bits per heavy atom. The zero-order valence-corrected chi connectivity index (χ0v) is 20.7. The van der Waals surface area contributed by atoms with Gasteiger partial charge < -0.3 is 4.98 Å². The number of H-pyrrole nitrogens is 1. The minimum atomic E-state index is -0.00905. The highest BCUT2D eigenvalue weighted by molar-refractivity contribution is 5.79. The minimum absolute atomic E-state index is 0.00905. The molecule has 1 saturated carbocycles. The molecule has 4 aromatic rings. The lowest BCUT2D eigenvalue weighted by atomic mass is 10.0. The summed E-state index contributed by atoms with van der Waals surface area (Å²) in [4.78, 5) is 18.8. The first-order valence-electron chi connectivity index (χ1n) is 12.8. The minimum Gasteiger partial charge on any atom is -0.322 e. The standard InChI is InChI=1S/C28H34N6O/c1-3-9-26(27-30-31-32-34(27)18-21-10-5-4-6-11-21)33(24-12-7-8-13-24)19-23-17-22-15-14-20(2)16-25(22)29-28(23)35/h4-6,10-11,14-17,24,26H,3,7-9,12-13,18-19H2,1-2H3,(H,29,35)/t26-/m0/s1. The zero-order chi connectivity index (χ0) is 24.2. The summed E-state index contributed by atoms with van der Waals surface area (Å²) in [7, 11) is 0. The highest BCUT2D eigenvalue weighted by atomic mass is 16.1. The van der Waals surface area contributed by atoms with Gasteiger partial charge in [-0.15, -0.1) is 5.10 Å². The van der Waals surface area contributed by atoms with Gasteiger partial charge in [-0.1, -0.05) is 68.7 Å². The maximum Gasteiger partial charge on any atom is 0.252 e. The number of tetrazole rings is 1. The monoisotopic (exact) mass is 470 g/mol. The van der Waals surface area contributed by atoms with Crippen LogP contribution in [0.25, 0.3) is 10.9 Å². The molecule has 1 fully saturated rings. The van der Waals surface area contributed by atoms with Crippen molar-refractivity contribution < 1.29 is 0 Å². The van der Waals surface area contributed by atoms with Gasteiger partial charge in [-0.3, -0.25) is 9.69 Å². The lowest BCUT2D eigenvalue weighted by Gasteiger charge is -2.35. The Hall–Kier alpha value is -3.32. The van der Waals surface area contributed by atoms with Crippen molar-refractivity contribution in [1.29, 1.82) is 0 Å². The summed E-state index contributed by atoms with van der Waals surface area (Å²) >= 11 is 0. The van der Waals surface area contributed by atoms with Crippen molar-refractivity contribution in [2.75, 3.05) is 0 Å². The highest BCUT2D eigenvalue weighted by Crippen LogP contribution is 2.34. The molecule has 0 spiro atoms. The summed E-state index contributed by atoms with van der Waals surface area (Å²) in [6, 6.07) is 19.1. The van der Waals surface area contributed by atoms with Crippen LogP contribution in [0.1, 0.15) is 74.0 Å². The van der Waals surface area contributed by atoms with Crippen LogP contribution in [0.5, 0.6) is 0 Å². The van der Waals surface area contributed by atoms with E-state index >= 15 is 0 Å². The average Bonchev–Trinajstić information content (AvgIpc) is 3.55. The second kappa shape index (κ2) is 10.5. The van der Waals surface area contributed by atoms with Crippen molar-refractivity contribution in [1.82, 2.24) is 30.1 Å². The molecular weight excluding hydrogens is 436 g/mol. The Kier molecular flexibility index (Phi) is 7.04. The Labute approximate surface area is 206 Å². The van der Waals surface area contributed by atoms with E-state index in [1.165, 1.54) is 18.4 Å². The number of pyridine rings is 1. The molecule has 0 unspecified atom stereocenters. The van der Waals surface area contributed by atoms with Crippen molar-refractivity contribution in [2.45, 2.75) is 77.5 Å². The summed E-state index contributed by atoms with van der Waals surface area (Å²) in [5.41, 5.74) is 4.00. The molecule has 1 aliphatic rings. The molecule has 0 aliphatic heterocycles. The molecule has 35 heavy (non-hydrogen) atoms. The third-order valence-electron chi connectivity index (χ3n) is 7.22. The van der Waals surface area contributed by atoms with Crippen LogP contribution < -0.4 is 5.56 Å². The Morgan fingerprint density at radius 2 is 1.91 bits per heavy atom. The van der Waals surface area contributed by atoms with Crippen molar-refractivity contribution in [3.8, 4) is 0 Å². The largest absolute Gasteiger partial charge is 0.322 e. The number of aromatic amines is 1. The van der Waals surface area contributed by atoms with Gasteiger partial charge in [0, 0.05) is 23.7 Å². The van der Waals surface area contributed by atoms with E-state index in [1.54, 1.807) is 0 Å². The van der Waals surface area contributed by atoms with E-state index in [2.05, 4.69) is 62.7 Å². The van der Waals surface area contributed by atoms with Gasteiger partial charge in [-0.05, 0) is 65.3 Å². The van der Waals surface area contributed by atoms with Gasteiger partial charge in [0.25, 0.3) is 5.56 Å². The van der Waals surface area contributed by atoms with E-state index in [4.69, 9.17) is 0 Å². The lowest BCUT2D eigenvalue weighted by molar-refractivity contribution is 0.108. The summed E-state index contributed by atoms with van der Waals surface area (Å²) in [6.07, 6.45) is 6.69. The van der Waals surface area contributed by atoms with Crippen molar-refractivity contribution >= 4 is 10.9 Å². The average molecular weight is 471 g/mol. The summed E-state index contributed by atoms with van der Waals surface area (Å²) < 4.78 is 1.94. The molecule has 0 amide bonds. The fourth-order valence-corrected chi connectivity index (χ4v) is 5.44. The van der Waals surface area contributed by atoms with Crippen LogP contribution in [-0.2, 0) is 13.1 Å². The predicted molar refractivity (Wildman–Crippen MR) is 138 cm³/mol. The first kappa shape index (κ1) is 23.4. The van der Waals surface area contributed by atoms with Gasteiger partial charge in [0.1, 0.15) is 0 Å². The summed E-state index contributed by atoms with van der Waals surface area (Å²) in [6.45, 7) is 5.48. The number of aromatic nitrogens is 5. The first-order valence-corrected chi connectivity index (χ1v) is 12.8. The molecule has 1 aliphatic carbocycles. The second-order valence-corrected chi connectivity index (χ2v) is 9.81. The molecule has 7 nitrogen and oxygen atoms in total. The van der Waals surface area contributed by atoms with Gasteiger partial charge >= 0.3 is 0 Å². The summed E-state index contributed by atoms with van der Waals surface area (Å²) in [5, 5.41) is 14.0. The number of fused-ring (bicyclic) bond motifs is 1. The number of hydrogen-bond donors (Lipinski definition) is 1. The smallest absolute Gasteiger partial charge is 0.252 e. The van der Waals surface area contributed by atoms with E-state index in [9.17, 15) is 4.79 Å². The molecule has 7 heteroatoms. The second-order valence-electron chi connectivity index (χ2n) is 9.81. The highest BCUT2D eigenvalue weighted by Gasteiger charge is 2.33. The van der Waals surface area contributed by atoms with E-state index in [1.807, 2.05) is 35.9 Å². The first-order chi connectivity index (χ1) is 17.1. The normalized spacial score (nSPS) is 15.3. The number of rotatable bonds is 9. The van der Waals surface area contributed by atoms with Crippen LogP contribution in [-0.4, -0.2) is 36.1 Å². The number of aryl methyl sites for hydroxylation is 1. The van der Waals surface area contributed by atoms with Crippen molar-refractivity contribution in [2.24, 2.45) is 0 Å². The molecule has 1 N–H and O–H groups in total. The lowest BCUT2D eigenvalue weighted by Crippen LogP contribution is -2.39. The Bertz CT molecular complexity index is 1320. The van der Waals surface area contributed by atoms with Crippen LogP contribution in [0.3, 0.4) is 0 Å². The number of nitrogens with one attached hydrogen (secondary N) is 1. The molecule has 1 atom stereocenters. The fraction of sp³-hybridized carbons (Fsp3) is 0.429. The maximum absolute atomic E-state index is 13.1. The van der Waals surface area contributed by atoms with E-state index in [0.29, 0.717) is 19.1 Å². The summed E-state index contributed by atoms with van der Waals surface area (Å²) in [5.74, 6) is 0.885. The van der Waals surface area contributed by atoms with E-state index in [0.717, 1.165) is 53.5 Å². The Balaban J connectivity index is 1.51. The van der Waals surface area contributed by atoms with Crippen LogP contribution in [0.15, 0.2) is 59.4 Å². The van der Waals surface area contributed by atoms with Crippen molar-refractivity contribution in [3.63, 3.8) is 0 Å². The SMILES string of the molecule is CCC[C@@H](c1nnnn1Cc1ccccc1)N(Cc1cc2ccc(C)cc2[nH]c1=O)C1CCCC1. The Morgan fingerprint density at radius 3 is 2.69 bits per heavy atom. The van der Waals surface area contributed by atoms with Gasteiger partial charge in [-0.25, -0.2) is 4.68 Å². The number of hydrogen-bond acceptors (Lipinski definition) is 5. The quantitative estimate of drug-likeness (QED) is 0.366. The third-order valence-corrected chi connectivity index (χ3v) is 7.22. The maximum atomic E-state index is 13.1. The molecule has 2 heterocycles. The molecule has 182 valence electrons. The number of benzene rings is 2. The molecule has 0 radical (unpaired) electrons. The molecule has 5 rings (SSSR count). The van der Waals surface area contributed by atoms with Crippen LogP contribution in [0, 0.1) is 6.92 Å². The van der Waals surface area contributed by atoms with Crippen LogP contribution in [0.2, 0.25) is 0 Å². The fourth-order valence-electron chi connectivity index (χ4n) is 5.44. The molecule has 2 aromatic heterocycles. The topological polar surface area (TPSA) is 79.7 Å². The predicted octanol–water partition coefficient (Wildman–Crippen LogP) is 5.16. The number of nitrogens with zero attached hydrogens (tertiary/aromatic N) is 5. The molecular formula is C28H34N6O. The third kappa shape index (κ3) is 5.20. The van der Waals surface area contributed by atoms with E-state index < -0.39 is 0 Å². The van der Waals surface area contributed by atoms with Crippen LogP contribution >= 0.6 is 0 Å². The van der Waals surface area contributed by atoms with Crippen molar-refractivity contribution in [3.05, 3.63) is 87.5 Å².